The second-order valence-electron chi connectivity index (χ2n) is 5.35. The minimum Gasteiger partial charge on any atom is -0.398 e. The summed E-state index contributed by atoms with van der Waals surface area (Å²) in [5.74, 6) is 1.98. The van der Waals surface area contributed by atoms with Gasteiger partial charge in [0.25, 0.3) is 0 Å². The third kappa shape index (κ3) is 3.85. The van der Waals surface area contributed by atoms with Gasteiger partial charge in [-0.1, -0.05) is 6.08 Å². The fourth-order valence-electron chi connectivity index (χ4n) is 2.58. The van der Waals surface area contributed by atoms with Gasteiger partial charge in [0.2, 0.25) is 0 Å². The number of nitrogens with two attached hydrogens (primary N) is 1. The highest BCUT2D eigenvalue weighted by Gasteiger charge is 2.18. The SMILES string of the molecule is N=C(C1=CCNC(N2CCOSCC2)=C1)c1cc(S)ccc1N. The van der Waals surface area contributed by atoms with Gasteiger partial charge in [0.15, 0.2) is 0 Å². The topological polar surface area (TPSA) is 74.4 Å². The number of anilines is 1. The zero-order chi connectivity index (χ0) is 16.2. The Labute approximate surface area is 146 Å². The van der Waals surface area contributed by atoms with E-state index in [4.69, 9.17) is 15.3 Å². The van der Waals surface area contributed by atoms with Crippen molar-refractivity contribution in [2.24, 2.45) is 0 Å². The van der Waals surface area contributed by atoms with Gasteiger partial charge >= 0.3 is 0 Å². The molecule has 1 fully saturated rings. The summed E-state index contributed by atoms with van der Waals surface area (Å²) in [6.45, 7) is 3.18. The van der Waals surface area contributed by atoms with Gasteiger partial charge in [0, 0.05) is 47.1 Å². The standard InChI is InChI=1S/C16H20N4OS2/c17-14-2-1-12(22)10-13(14)16(18)11-3-4-19-15(9-11)20-5-7-21-23-8-6-20/h1-3,9-10,18-19,22H,4-8,17H2. The maximum Gasteiger partial charge on any atom is 0.102 e. The van der Waals surface area contributed by atoms with Crippen LogP contribution in [0.5, 0.6) is 0 Å². The van der Waals surface area contributed by atoms with Crippen LogP contribution >= 0.6 is 24.7 Å². The molecule has 1 saturated heterocycles. The Morgan fingerprint density at radius 3 is 3.13 bits per heavy atom. The van der Waals surface area contributed by atoms with Crippen LogP contribution < -0.4 is 11.1 Å². The number of benzene rings is 1. The Balaban J connectivity index is 1.83. The van der Waals surface area contributed by atoms with Crippen molar-refractivity contribution in [3.05, 3.63) is 47.3 Å². The molecule has 0 saturated carbocycles. The number of rotatable bonds is 3. The van der Waals surface area contributed by atoms with Crippen LogP contribution in [-0.4, -0.2) is 42.6 Å². The summed E-state index contributed by atoms with van der Waals surface area (Å²) in [7, 11) is 0. The molecule has 0 bridgehead atoms. The molecule has 0 aliphatic carbocycles. The predicted molar refractivity (Wildman–Crippen MR) is 99.1 cm³/mol. The van der Waals surface area contributed by atoms with Crippen LogP contribution in [0.3, 0.4) is 0 Å². The molecule has 7 heteroatoms. The number of nitrogen functional groups attached to an aromatic ring is 1. The zero-order valence-corrected chi connectivity index (χ0v) is 14.4. The van der Waals surface area contributed by atoms with Crippen molar-refractivity contribution >= 4 is 36.1 Å². The highest BCUT2D eigenvalue weighted by atomic mass is 32.2. The summed E-state index contributed by atoms with van der Waals surface area (Å²) in [5.41, 5.74) is 8.65. The van der Waals surface area contributed by atoms with E-state index in [0.717, 1.165) is 40.7 Å². The molecule has 2 heterocycles. The van der Waals surface area contributed by atoms with Gasteiger partial charge < -0.3 is 20.1 Å². The lowest BCUT2D eigenvalue weighted by Crippen LogP contribution is -2.36. The summed E-state index contributed by atoms with van der Waals surface area (Å²) in [6.07, 6.45) is 4.03. The first kappa shape index (κ1) is 16.3. The van der Waals surface area contributed by atoms with Gasteiger partial charge in [-0.15, -0.1) is 12.6 Å². The van der Waals surface area contributed by atoms with Crippen molar-refractivity contribution in [1.29, 1.82) is 5.41 Å². The van der Waals surface area contributed by atoms with Crippen LogP contribution in [0, 0.1) is 5.41 Å². The Kier molecular flexibility index (Phi) is 5.20. The smallest absolute Gasteiger partial charge is 0.102 e. The maximum absolute atomic E-state index is 8.51. The van der Waals surface area contributed by atoms with E-state index in [-0.39, 0.29) is 0 Å². The number of dihydropyridines is 1. The molecule has 122 valence electrons. The van der Waals surface area contributed by atoms with Crippen LogP contribution in [0.15, 0.2) is 46.6 Å². The van der Waals surface area contributed by atoms with E-state index >= 15 is 0 Å². The lowest BCUT2D eigenvalue weighted by atomic mass is 9.99. The lowest BCUT2D eigenvalue weighted by molar-refractivity contribution is 0.281. The molecule has 0 spiro atoms. The Morgan fingerprint density at radius 2 is 2.26 bits per heavy atom. The fraction of sp³-hybridized carbons (Fsp3) is 0.312. The second-order valence-corrected chi connectivity index (χ2v) is 6.74. The number of allylic oxidation sites excluding steroid dienone is 2. The first-order chi connectivity index (χ1) is 11.1. The first-order valence-electron chi connectivity index (χ1n) is 7.48. The molecule has 3 rings (SSSR count). The van der Waals surface area contributed by atoms with Crippen molar-refractivity contribution in [3.8, 4) is 0 Å². The molecule has 23 heavy (non-hydrogen) atoms. The number of nitrogens with one attached hydrogen (secondary N) is 2. The fourth-order valence-corrected chi connectivity index (χ4v) is 3.39. The minimum absolute atomic E-state index is 0.429. The molecular formula is C16H20N4OS2. The van der Waals surface area contributed by atoms with Gasteiger partial charge in [-0.2, -0.15) is 0 Å². The minimum atomic E-state index is 0.429. The summed E-state index contributed by atoms with van der Waals surface area (Å²) >= 11 is 5.86. The number of thiol groups is 1. The van der Waals surface area contributed by atoms with Crippen LogP contribution in [-0.2, 0) is 4.18 Å². The van der Waals surface area contributed by atoms with E-state index in [1.54, 1.807) is 6.07 Å². The average molecular weight is 348 g/mol. The zero-order valence-electron chi connectivity index (χ0n) is 12.7. The second kappa shape index (κ2) is 7.33. The normalized spacial score (nSPS) is 18.6. The predicted octanol–water partition coefficient (Wildman–Crippen LogP) is 2.28. The molecule has 0 atom stereocenters. The molecule has 2 aliphatic heterocycles. The van der Waals surface area contributed by atoms with Crippen molar-refractivity contribution in [3.63, 3.8) is 0 Å². The molecule has 4 N–H and O–H groups in total. The Morgan fingerprint density at radius 1 is 1.39 bits per heavy atom. The van der Waals surface area contributed by atoms with Crippen LogP contribution in [0.1, 0.15) is 5.56 Å². The van der Waals surface area contributed by atoms with E-state index in [1.807, 2.05) is 24.3 Å². The quantitative estimate of drug-likeness (QED) is 0.292. The molecule has 0 amide bonds. The molecule has 0 aromatic heterocycles. The average Bonchev–Trinajstić information content (AvgIpc) is 2.86. The molecule has 5 nitrogen and oxygen atoms in total. The Hall–Kier alpha value is -1.57. The van der Waals surface area contributed by atoms with Crippen molar-refractivity contribution < 1.29 is 4.18 Å². The van der Waals surface area contributed by atoms with Gasteiger partial charge in [-0.05, 0) is 36.3 Å². The summed E-state index contributed by atoms with van der Waals surface area (Å²) < 4.78 is 5.43. The van der Waals surface area contributed by atoms with Gasteiger partial charge in [0.1, 0.15) is 5.82 Å². The lowest BCUT2D eigenvalue weighted by Gasteiger charge is -2.28. The molecule has 1 aromatic carbocycles. The highest BCUT2D eigenvalue weighted by Crippen LogP contribution is 2.23. The third-order valence-electron chi connectivity index (χ3n) is 3.81. The van der Waals surface area contributed by atoms with Gasteiger partial charge in [-0.25, -0.2) is 0 Å². The number of nitrogens with zero attached hydrogens (tertiary/aromatic N) is 1. The monoisotopic (exact) mass is 348 g/mol. The van der Waals surface area contributed by atoms with Crippen LogP contribution in [0.4, 0.5) is 5.69 Å². The largest absolute Gasteiger partial charge is 0.398 e. The highest BCUT2D eigenvalue weighted by molar-refractivity contribution is 7.94. The van der Waals surface area contributed by atoms with E-state index < -0.39 is 0 Å². The van der Waals surface area contributed by atoms with E-state index in [0.29, 0.717) is 24.6 Å². The van der Waals surface area contributed by atoms with E-state index in [1.165, 1.54) is 12.0 Å². The van der Waals surface area contributed by atoms with Crippen LogP contribution in [0.2, 0.25) is 0 Å². The van der Waals surface area contributed by atoms with E-state index in [9.17, 15) is 0 Å². The van der Waals surface area contributed by atoms with Crippen molar-refractivity contribution in [2.75, 3.05) is 37.7 Å². The molecule has 0 radical (unpaired) electrons. The van der Waals surface area contributed by atoms with E-state index in [2.05, 4.69) is 22.8 Å². The molecule has 0 unspecified atom stereocenters. The Bertz CT molecular complexity index is 664. The molecule has 1 aromatic rings. The maximum atomic E-state index is 8.51. The molecule has 2 aliphatic rings. The third-order valence-corrected chi connectivity index (χ3v) is 4.77. The van der Waals surface area contributed by atoms with Gasteiger partial charge in [-0.3, -0.25) is 5.41 Å². The molecular weight excluding hydrogens is 328 g/mol. The number of hydrogen-bond donors (Lipinski definition) is 4. The van der Waals surface area contributed by atoms with Crippen molar-refractivity contribution in [2.45, 2.75) is 4.90 Å². The van der Waals surface area contributed by atoms with Crippen LogP contribution in [0.25, 0.3) is 0 Å². The first-order valence-corrected chi connectivity index (χ1v) is 8.84. The summed E-state index contributed by atoms with van der Waals surface area (Å²) in [6, 6.07) is 5.47. The summed E-state index contributed by atoms with van der Waals surface area (Å²) in [5, 5.41) is 11.9. The summed E-state index contributed by atoms with van der Waals surface area (Å²) in [4.78, 5) is 3.07. The van der Waals surface area contributed by atoms with Gasteiger partial charge in [0.05, 0.1) is 12.3 Å². The number of hydrogen-bond acceptors (Lipinski definition) is 7. The van der Waals surface area contributed by atoms with Crippen molar-refractivity contribution in [1.82, 2.24) is 10.2 Å².